The Balaban J connectivity index is 1.43. The van der Waals surface area contributed by atoms with E-state index in [0.29, 0.717) is 29.3 Å². The predicted octanol–water partition coefficient (Wildman–Crippen LogP) is 3.31. The summed E-state index contributed by atoms with van der Waals surface area (Å²) in [6, 6.07) is 9.90. The molecule has 1 fully saturated rings. The maximum Gasteiger partial charge on any atom is 0.227 e. The summed E-state index contributed by atoms with van der Waals surface area (Å²) in [6.07, 6.45) is 2.74. The first-order chi connectivity index (χ1) is 17.0. The molecule has 0 aliphatic carbocycles. The van der Waals surface area contributed by atoms with E-state index in [-0.39, 0.29) is 17.7 Å². The fraction of sp³-hybridized carbons (Fsp3) is 0.360. The lowest BCUT2D eigenvalue weighted by molar-refractivity contribution is 0.301. The highest BCUT2D eigenvalue weighted by Gasteiger charge is 2.23. The summed E-state index contributed by atoms with van der Waals surface area (Å²) in [6.45, 7) is 9.00. The second-order valence-corrected chi connectivity index (χ2v) is 8.77. The minimum atomic E-state index is -0.567. The van der Waals surface area contributed by atoms with Crippen molar-refractivity contribution in [3.8, 4) is 23.2 Å². The van der Waals surface area contributed by atoms with E-state index in [2.05, 4.69) is 55.3 Å². The Kier molecular flexibility index (Phi) is 6.33. The molecule has 5 rings (SSSR count). The molecule has 180 valence electrons. The van der Waals surface area contributed by atoms with Crippen molar-refractivity contribution in [3.63, 3.8) is 0 Å². The highest BCUT2D eigenvalue weighted by atomic mass is 19.1. The van der Waals surface area contributed by atoms with Gasteiger partial charge in [0.2, 0.25) is 5.95 Å². The number of nitrogens with one attached hydrogen (secondary N) is 2. The number of aromatic nitrogens is 3. The molecule has 1 saturated heterocycles. The Morgan fingerprint density at radius 3 is 2.71 bits per heavy atom. The molecule has 35 heavy (non-hydrogen) atoms. The molecular formula is C25H27FN8O. The van der Waals surface area contributed by atoms with E-state index in [1.54, 1.807) is 18.3 Å². The fourth-order valence-electron chi connectivity index (χ4n) is 4.43. The number of piperazine rings is 1. The first-order valence-electron chi connectivity index (χ1n) is 11.7. The molecule has 0 bridgehead atoms. The smallest absolute Gasteiger partial charge is 0.227 e. The molecule has 10 heteroatoms. The summed E-state index contributed by atoms with van der Waals surface area (Å²) in [7, 11) is 0. The van der Waals surface area contributed by atoms with Crippen LogP contribution in [0.25, 0.3) is 11.4 Å². The first-order valence-corrected chi connectivity index (χ1v) is 11.7. The summed E-state index contributed by atoms with van der Waals surface area (Å²) in [5, 5.41) is 16.1. The summed E-state index contributed by atoms with van der Waals surface area (Å²) in [4.78, 5) is 17.3. The van der Waals surface area contributed by atoms with Crippen molar-refractivity contribution < 1.29 is 9.13 Å². The van der Waals surface area contributed by atoms with Gasteiger partial charge in [0.15, 0.2) is 11.6 Å². The molecule has 0 radical (unpaired) electrons. The van der Waals surface area contributed by atoms with Crippen molar-refractivity contribution >= 4 is 23.0 Å². The van der Waals surface area contributed by atoms with Crippen LogP contribution in [0, 0.1) is 17.1 Å². The maximum atomic E-state index is 14.8. The van der Waals surface area contributed by atoms with E-state index in [0.717, 1.165) is 50.3 Å². The Hall–Kier alpha value is -3.97. The van der Waals surface area contributed by atoms with Gasteiger partial charge in [-0.25, -0.2) is 14.4 Å². The lowest BCUT2D eigenvalue weighted by Gasteiger charge is -2.34. The average molecular weight is 475 g/mol. The standard InChI is InChI=1S/C25H27FN8O/c1-16(2)34-9-10-35-23-15-29-20(12-22(23)34)24-19(26)14-30-25(32-24)31-18-3-4-21(17(11-18)13-27)33-7-5-28-6-8-33/h3-4,11-12,14-16,28H,5-10H2,1-2H3,(H,30,31,32). The van der Waals surface area contributed by atoms with E-state index in [4.69, 9.17) is 4.74 Å². The Labute approximate surface area is 203 Å². The number of benzene rings is 1. The van der Waals surface area contributed by atoms with Gasteiger partial charge in [-0.1, -0.05) is 0 Å². The number of fused-ring (bicyclic) bond motifs is 1. The first kappa shape index (κ1) is 22.8. The zero-order valence-corrected chi connectivity index (χ0v) is 19.8. The number of hydrogen-bond acceptors (Lipinski definition) is 9. The summed E-state index contributed by atoms with van der Waals surface area (Å²) in [5.41, 5.74) is 3.47. The molecule has 9 nitrogen and oxygen atoms in total. The third-order valence-corrected chi connectivity index (χ3v) is 6.19. The number of nitrogens with zero attached hydrogens (tertiary/aromatic N) is 6. The predicted molar refractivity (Wildman–Crippen MR) is 133 cm³/mol. The van der Waals surface area contributed by atoms with Crippen molar-refractivity contribution in [2.24, 2.45) is 0 Å². The zero-order chi connectivity index (χ0) is 24.4. The maximum absolute atomic E-state index is 14.8. The molecule has 0 atom stereocenters. The summed E-state index contributed by atoms with van der Waals surface area (Å²) >= 11 is 0. The van der Waals surface area contributed by atoms with Crippen molar-refractivity contribution in [1.82, 2.24) is 20.3 Å². The van der Waals surface area contributed by atoms with Crippen LogP contribution in [0.1, 0.15) is 19.4 Å². The van der Waals surface area contributed by atoms with Gasteiger partial charge >= 0.3 is 0 Å². The average Bonchev–Trinajstić information content (AvgIpc) is 2.89. The van der Waals surface area contributed by atoms with Crippen LogP contribution >= 0.6 is 0 Å². The number of ether oxygens (including phenoxy) is 1. The minimum Gasteiger partial charge on any atom is -0.488 e. The van der Waals surface area contributed by atoms with Crippen LogP contribution in [-0.4, -0.2) is 60.3 Å². The van der Waals surface area contributed by atoms with E-state index in [1.807, 2.05) is 12.1 Å². The van der Waals surface area contributed by atoms with Crippen LogP contribution in [0.2, 0.25) is 0 Å². The van der Waals surface area contributed by atoms with Crippen LogP contribution < -0.4 is 25.2 Å². The van der Waals surface area contributed by atoms with Crippen molar-refractivity contribution in [2.45, 2.75) is 19.9 Å². The van der Waals surface area contributed by atoms with Gasteiger partial charge in [0.25, 0.3) is 0 Å². The third-order valence-electron chi connectivity index (χ3n) is 6.19. The van der Waals surface area contributed by atoms with E-state index in [9.17, 15) is 9.65 Å². The van der Waals surface area contributed by atoms with Gasteiger partial charge in [0.05, 0.1) is 41.6 Å². The van der Waals surface area contributed by atoms with Crippen LogP contribution in [0.15, 0.2) is 36.7 Å². The quantitative estimate of drug-likeness (QED) is 0.577. The SMILES string of the molecule is CC(C)N1CCOc2cnc(-c3nc(Nc4ccc(N5CCNCC5)c(C#N)c4)ncc3F)cc21. The molecule has 2 N–H and O–H groups in total. The number of pyridine rings is 1. The van der Waals surface area contributed by atoms with Crippen molar-refractivity contribution in [2.75, 3.05) is 54.4 Å². The third kappa shape index (κ3) is 4.68. The number of halogens is 1. The molecule has 2 aromatic heterocycles. The highest BCUT2D eigenvalue weighted by molar-refractivity contribution is 5.70. The van der Waals surface area contributed by atoms with Gasteiger partial charge in [-0.15, -0.1) is 0 Å². The van der Waals surface area contributed by atoms with E-state index >= 15 is 0 Å². The second-order valence-electron chi connectivity index (χ2n) is 8.77. The summed E-state index contributed by atoms with van der Waals surface area (Å²) < 4.78 is 20.5. The monoisotopic (exact) mass is 474 g/mol. The molecule has 0 saturated carbocycles. The lowest BCUT2D eigenvalue weighted by atomic mass is 10.1. The van der Waals surface area contributed by atoms with Gasteiger partial charge in [0, 0.05) is 37.9 Å². The molecular weight excluding hydrogens is 447 g/mol. The Morgan fingerprint density at radius 2 is 1.94 bits per heavy atom. The minimum absolute atomic E-state index is 0.0949. The number of rotatable bonds is 5. The normalized spacial score (nSPS) is 15.4. The van der Waals surface area contributed by atoms with Crippen LogP contribution in [0.3, 0.4) is 0 Å². The number of hydrogen-bond donors (Lipinski definition) is 2. The van der Waals surface area contributed by atoms with Gasteiger partial charge in [0.1, 0.15) is 18.4 Å². The van der Waals surface area contributed by atoms with Crippen molar-refractivity contribution in [3.05, 3.63) is 48.0 Å². The number of anilines is 4. The molecule has 4 heterocycles. The topological polar surface area (TPSA) is 102 Å². The molecule has 0 unspecified atom stereocenters. The lowest BCUT2D eigenvalue weighted by Crippen LogP contribution is -2.43. The van der Waals surface area contributed by atoms with Crippen molar-refractivity contribution in [1.29, 1.82) is 5.26 Å². The summed E-state index contributed by atoms with van der Waals surface area (Å²) in [5.74, 6) is 0.328. The van der Waals surface area contributed by atoms with Gasteiger partial charge in [-0.05, 0) is 38.1 Å². The van der Waals surface area contributed by atoms with Gasteiger partial charge < -0.3 is 25.2 Å². The Morgan fingerprint density at radius 1 is 1.11 bits per heavy atom. The van der Waals surface area contributed by atoms with Crippen LogP contribution in [-0.2, 0) is 0 Å². The van der Waals surface area contributed by atoms with E-state index < -0.39 is 5.82 Å². The highest BCUT2D eigenvalue weighted by Crippen LogP contribution is 2.35. The molecule has 3 aromatic rings. The Bertz CT molecular complexity index is 1270. The van der Waals surface area contributed by atoms with E-state index in [1.165, 1.54) is 0 Å². The molecule has 2 aliphatic heterocycles. The van der Waals surface area contributed by atoms with Crippen LogP contribution in [0.4, 0.5) is 27.4 Å². The zero-order valence-electron chi connectivity index (χ0n) is 19.8. The largest absolute Gasteiger partial charge is 0.488 e. The molecule has 2 aliphatic rings. The molecule has 0 spiro atoms. The van der Waals surface area contributed by atoms with Gasteiger partial charge in [-0.2, -0.15) is 5.26 Å². The molecule has 1 aromatic carbocycles. The van der Waals surface area contributed by atoms with Gasteiger partial charge in [-0.3, -0.25) is 4.98 Å². The van der Waals surface area contributed by atoms with Crippen LogP contribution in [0.5, 0.6) is 5.75 Å². The number of nitriles is 1. The second kappa shape index (κ2) is 9.72. The molecule has 0 amide bonds. The fourth-order valence-corrected chi connectivity index (χ4v) is 4.43.